The number of nitrogens with one attached hydrogen (secondary N) is 1. The highest BCUT2D eigenvalue weighted by molar-refractivity contribution is 5.68. The molecule has 6 heteroatoms. The predicted molar refractivity (Wildman–Crippen MR) is 53.1 cm³/mol. The SMILES string of the molecule is CC(C)(C)OC(=O)NC(C)(CO)C(O)O. The van der Waals surface area contributed by atoms with Crippen molar-refractivity contribution in [2.45, 2.75) is 45.1 Å². The van der Waals surface area contributed by atoms with Gasteiger partial charge in [-0.15, -0.1) is 0 Å². The first-order valence-electron chi connectivity index (χ1n) is 4.59. The van der Waals surface area contributed by atoms with E-state index >= 15 is 0 Å². The summed E-state index contributed by atoms with van der Waals surface area (Å²) in [4.78, 5) is 11.3. The standard InChI is InChI=1S/C9H19NO5/c1-8(2,3)15-7(14)10-9(4,5-11)6(12)13/h6,11-13H,5H2,1-4H3,(H,10,14). The molecule has 0 aliphatic heterocycles. The molecule has 0 saturated heterocycles. The van der Waals surface area contributed by atoms with Crippen molar-refractivity contribution in [3.63, 3.8) is 0 Å². The van der Waals surface area contributed by atoms with Gasteiger partial charge in [-0.05, 0) is 27.7 Å². The van der Waals surface area contributed by atoms with Gasteiger partial charge in [0.1, 0.15) is 11.1 Å². The number of alkyl carbamates (subject to hydrolysis) is 1. The molecule has 0 saturated carbocycles. The maximum Gasteiger partial charge on any atom is 0.408 e. The summed E-state index contributed by atoms with van der Waals surface area (Å²) < 4.78 is 4.90. The molecule has 0 heterocycles. The Morgan fingerprint density at radius 2 is 1.80 bits per heavy atom. The normalized spacial score (nSPS) is 16.0. The van der Waals surface area contributed by atoms with Crippen molar-refractivity contribution in [2.75, 3.05) is 6.61 Å². The van der Waals surface area contributed by atoms with Gasteiger partial charge in [0.15, 0.2) is 6.29 Å². The van der Waals surface area contributed by atoms with E-state index in [0.717, 1.165) is 0 Å². The summed E-state index contributed by atoms with van der Waals surface area (Å²) in [6, 6.07) is 0. The van der Waals surface area contributed by atoms with Crippen molar-refractivity contribution in [1.82, 2.24) is 5.32 Å². The molecule has 0 rings (SSSR count). The fourth-order valence-electron chi connectivity index (χ4n) is 0.722. The molecular weight excluding hydrogens is 202 g/mol. The van der Waals surface area contributed by atoms with E-state index in [1.807, 2.05) is 0 Å². The third-order valence-electron chi connectivity index (χ3n) is 1.68. The predicted octanol–water partition coefficient (Wildman–Crippen LogP) is -0.427. The van der Waals surface area contributed by atoms with E-state index in [-0.39, 0.29) is 0 Å². The molecule has 1 unspecified atom stereocenters. The Balaban J connectivity index is 4.39. The number of ether oxygens (including phenoxy) is 1. The van der Waals surface area contributed by atoms with Crippen LogP contribution in [0.15, 0.2) is 0 Å². The number of amides is 1. The second-order valence-electron chi connectivity index (χ2n) is 4.58. The number of carbonyl (C=O) groups is 1. The molecule has 0 aliphatic rings. The van der Waals surface area contributed by atoms with E-state index in [9.17, 15) is 4.79 Å². The van der Waals surface area contributed by atoms with Crippen LogP contribution in [0.2, 0.25) is 0 Å². The number of aliphatic hydroxyl groups is 3. The zero-order chi connectivity index (χ0) is 12.3. The number of rotatable bonds is 3. The highest BCUT2D eigenvalue weighted by Crippen LogP contribution is 2.11. The Labute approximate surface area is 88.9 Å². The third-order valence-corrected chi connectivity index (χ3v) is 1.68. The molecule has 0 aliphatic carbocycles. The highest BCUT2D eigenvalue weighted by Gasteiger charge is 2.34. The molecule has 1 atom stereocenters. The second-order valence-corrected chi connectivity index (χ2v) is 4.58. The first-order chi connectivity index (χ1) is 6.60. The quantitative estimate of drug-likeness (QED) is 0.485. The lowest BCUT2D eigenvalue weighted by Crippen LogP contribution is -2.57. The zero-order valence-electron chi connectivity index (χ0n) is 9.44. The molecule has 90 valence electrons. The van der Waals surface area contributed by atoms with Gasteiger partial charge in [-0.2, -0.15) is 0 Å². The molecule has 4 N–H and O–H groups in total. The van der Waals surface area contributed by atoms with Crippen molar-refractivity contribution >= 4 is 6.09 Å². The van der Waals surface area contributed by atoms with Crippen LogP contribution in [0.25, 0.3) is 0 Å². The van der Waals surface area contributed by atoms with Gasteiger partial charge in [-0.3, -0.25) is 0 Å². The van der Waals surface area contributed by atoms with Crippen LogP contribution in [0.3, 0.4) is 0 Å². The van der Waals surface area contributed by atoms with Gasteiger partial charge < -0.3 is 25.4 Å². The summed E-state index contributed by atoms with van der Waals surface area (Å²) in [7, 11) is 0. The summed E-state index contributed by atoms with van der Waals surface area (Å²) in [5.41, 5.74) is -2.21. The molecule has 0 bridgehead atoms. The molecule has 1 amide bonds. The fraction of sp³-hybridized carbons (Fsp3) is 0.889. The van der Waals surface area contributed by atoms with Gasteiger partial charge >= 0.3 is 6.09 Å². The molecule has 0 fully saturated rings. The Kier molecular flexibility index (Phi) is 4.51. The maximum atomic E-state index is 11.3. The van der Waals surface area contributed by atoms with Crippen LogP contribution in [0.4, 0.5) is 4.79 Å². The van der Waals surface area contributed by atoms with E-state index in [2.05, 4.69) is 5.32 Å². The molecule has 0 aromatic rings. The Morgan fingerprint density at radius 1 is 1.33 bits per heavy atom. The smallest absolute Gasteiger partial charge is 0.408 e. The van der Waals surface area contributed by atoms with Crippen LogP contribution < -0.4 is 5.32 Å². The van der Waals surface area contributed by atoms with Crippen molar-refractivity contribution in [2.24, 2.45) is 0 Å². The van der Waals surface area contributed by atoms with Crippen molar-refractivity contribution in [1.29, 1.82) is 0 Å². The van der Waals surface area contributed by atoms with Crippen molar-refractivity contribution in [3.05, 3.63) is 0 Å². The van der Waals surface area contributed by atoms with Gasteiger partial charge in [0.05, 0.1) is 6.61 Å². The Morgan fingerprint density at radius 3 is 2.07 bits per heavy atom. The van der Waals surface area contributed by atoms with E-state index < -0.39 is 30.1 Å². The van der Waals surface area contributed by atoms with Gasteiger partial charge in [0, 0.05) is 0 Å². The average molecular weight is 221 g/mol. The first-order valence-corrected chi connectivity index (χ1v) is 4.59. The first kappa shape index (κ1) is 14.2. The lowest BCUT2D eigenvalue weighted by molar-refractivity contribution is -0.116. The molecular formula is C9H19NO5. The van der Waals surface area contributed by atoms with Gasteiger partial charge in [-0.25, -0.2) is 4.79 Å². The van der Waals surface area contributed by atoms with E-state index in [0.29, 0.717) is 0 Å². The van der Waals surface area contributed by atoms with Crippen molar-refractivity contribution < 1.29 is 24.9 Å². The van der Waals surface area contributed by atoms with Crippen molar-refractivity contribution in [3.8, 4) is 0 Å². The number of carbonyl (C=O) groups excluding carboxylic acids is 1. The third kappa shape index (κ3) is 4.96. The number of aliphatic hydroxyl groups excluding tert-OH is 2. The van der Waals surface area contributed by atoms with E-state index in [4.69, 9.17) is 20.1 Å². The minimum Gasteiger partial charge on any atom is -0.444 e. The van der Waals surface area contributed by atoms with Gasteiger partial charge in [0.25, 0.3) is 0 Å². The average Bonchev–Trinajstić information content (AvgIpc) is 1.99. The molecule has 0 aromatic carbocycles. The van der Waals surface area contributed by atoms with E-state index in [1.54, 1.807) is 20.8 Å². The van der Waals surface area contributed by atoms with E-state index in [1.165, 1.54) is 6.92 Å². The van der Waals surface area contributed by atoms with Crippen LogP contribution >= 0.6 is 0 Å². The maximum absolute atomic E-state index is 11.3. The molecule has 6 nitrogen and oxygen atoms in total. The van der Waals surface area contributed by atoms with Crippen LogP contribution in [-0.4, -0.2) is 45.4 Å². The highest BCUT2D eigenvalue weighted by atomic mass is 16.6. The summed E-state index contributed by atoms with van der Waals surface area (Å²) in [6.45, 7) is 5.72. The summed E-state index contributed by atoms with van der Waals surface area (Å²) >= 11 is 0. The lowest BCUT2D eigenvalue weighted by atomic mass is 10.0. The largest absolute Gasteiger partial charge is 0.444 e. The number of hydrogen-bond acceptors (Lipinski definition) is 5. The number of hydrogen-bond donors (Lipinski definition) is 4. The molecule has 0 radical (unpaired) electrons. The van der Waals surface area contributed by atoms with Crippen LogP contribution in [0, 0.1) is 0 Å². The minimum absolute atomic E-state index is 0.607. The van der Waals surface area contributed by atoms with Crippen LogP contribution in [0.1, 0.15) is 27.7 Å². The Bertz CT molecular complexity index is 223. The van der Waals surface area contributed by atoms with Crippen LogP contribution in [0.5, 0.6) is 0 Å². The minimum atomic E-state index is -1.87. The Hall–Kier alpha value is -0.850. The monoisotopic (exact) mass is 221 g/mol. The lowest BCUT2D eigenvalue weighted by Gasteiger charge is -2.31. The summed E-state index contributed by atoms with van der Waals surface area (Å²) in [6.07, 6.45) is -2.68. The molecule has 0 spiro atoms. The zero-order valence-corrected chi connectivity index (χ0v) is 9.44. The second kappa shape index (κ2) is 4.78. The fourth-order valence-corrected chi connectivity index (χ4v) is 0.722. The van der Waals surface area contributed by atoms with Gasteiger partial charge in [-0.1, -0.05) is 0 Å². The van der Waals surface area contributed by atoms with Gasteiger partial charge in [0.2, 0.25) is 0 Å². The summed E-state index contributed by atoms with van der Waals surface area (Å²) in [5.74, 6) is 0. The molecule has 0 aromatic heterocycles. The molecule has 15 heavy (non-hydrogen) atoms. The summed E-state index contributed by atoms with van der Waals surface area (Å²) in [5, 5.41) is 29.0. The topological polar surface area (TPSA) is 99.0 Å². The van der Waals surface area contributed by atoms with Crippen LogP contribution in [-0.2, 0) is 4.74 Å².